The van der Waals surface area contributed by atoms with Crippen molar-refractivity contribution in [2.24, 2.45) is 0 Å². The Morgan fingerprint density at radius 1 is 1.25 bits per heavy atom. The van der Waals surface area contributed by atoms with Gasteiger partial charge in [0, 0.05) is 11.4 Å². The van der Waals surface area contributed by atoms with Crippen molar-refractivity contribution >= 4 is 11.6 Å². The smallest absolute Gasteiger partial charge is 0.126 e. The first kappa shape index (κ1) is 14.8. The predicted molar refractivity (Wildman–Crippen MR) is 77.8 cm³/mol. The molecule has 0 heterocycles. The zero-order chi connectivity index (χ0) is 14.7. The Hall–Kier alpha value is -1.58. The number of halogens is 2. The van der Waals surface area contributed by atoms with Crippen LogP contribution in [0.3, 0.4) is 0 Å². The van der Waals surface area contributed by atoms with Gasteiger partial charge in [0.15, 0.2) is 0 Å². The van der Waals surface area contributed by atoms with Gasteiger partial charge in [-0.2, -0.15) is 0 Å². The first-order valence-corrected chi connectivity index (χ1v) is 6.65. The highest BCUT2D eigenvalue weighted by atomic mass is 35.5. The third kappa shape index (κ3) is 3.30. The van der Waals surface area contributed by atoms with Crippen LogP contribution in [0.2, 0.25) is 5.02 Å². The summed E-state index contributed by atoms with van der Waals surface area (Å²) in [5.41, 5.74) is 2.00. The van der Waals surface area contributed by atoms with Gasteiger partial charge in [-0.25, -0.2) is 4.39 Å². The van der Waals surface area contributed by atoms with Gasteiger partial charge in [0.25, 0.3) is 0 Å². The number of aryl methyl sites for hydroxylation is 1. The molecule has 1 unspecified atom stereocenters. The lowest BCUT2D eigenvalue weighted by Crippen LogP contribution is -2.04. The van der Waals surface area contributed by atoms with Gasteiger partial charge < -0.3 is 9.84 Å². The lowest BCUT2D eigenvalue weighted by atomic mass is 9.99. The summed E-state index contributed by atoms with van der Waals surface area (Å²) >= 11 is 5.96. The Balaban J connectivity index is 2.24. The summed E-state index contributed by atoms with van der Waals surface area (Å²) in [7, 11) is 1.57. The number of hydrogen-bond donors (Lipinski definition) is 1. The van der Waals surface area contributed by atoms with E-state index in [9.17, 15) is 9.50 Å². The maximum atomic E-state index is 13.2. The van der Waals surface area contributed by atoms with Gasteiger partial charge in [0.05, 0.1) is 13.2 Å². The molecule has 1 N–H and O–H groups in total. The summed E-state index contributed by atoms with van der Waals surface area (Å²) in [4.78, 5) is 0. The highest BCUT2D eigenvalue weighted by Crippen LogP contribution is 2.28. The van der Waals surface area contributed by atoms with Gasteiger partial charge in [-0.15, -0.1) is 0 Å². The second-order valence-electron chi connectivity index (χ2n) is 4.68. The summed E-state index contributed by atoms with van der Waals surface area (Å²) in [5, 5.41) is 10.9. The highest BCUT2D eigenvalue weighted by Gasteiger charge is 2.13. The monoisotopic (exact) mass is 294 g/mol. The first-order valence-electron chi connectivity index (χ1n) is 6.28. The molecule has 106 valence electrons. The Morgan fingerprint density at radius 2 is 2.00 bits per heavy atom. The van der Waals surface area contributed by atoms with Crippen LogP contribution in [0.4, 0.5) is 4.39 Å². The van der Waals surface area contributed by atoms with Crippen molar-refractivity contribution in [1.29, 1.82) is 0 Å². The molecule has 20 heavy (non-hydrogen) atoms. The van der Waals surface area contributed by atoms with Crippen LogP contribution in [0.15, 0.2) is 36.4 Å². The van der Waals surface area contributed by atoms with Gasteiger partial charge in [0.1, 0.15) is 11.6 Å². The van der Waals surface area contributed by atoms with E-state index in [0.29, 0.717) is 28.3 Å². The topological polar surface area (TPSA) is 29.5 Å². The molecule has 0 saturated carbocycles. The molecule has 0 saturated heterocycles. The number of hydrogen-bond acceptors (Lipinski definition) is 2. The van der Waals surface area contributed by atoms with E-state index in [1.54, 1.807) is 44.4 Å². The second kappa shape index (κ2) is 6.25. The van der Waals surface area contributed by atoms with E-state index >= 15 is 0 Å². The standard InChI is InChI=1S/C16H16ClFO2/c1-10-7-11(3-5-14(10)18)15(19)9-12-8-13(17)4-6-16(12)20-2/h3-8,15,19H,9H2,1-2H3. The Bertz CT molecular complexity index is 613. The molecular weight excluding hydrogens is 279 g/mol. The van der Waals surface area contributed by atoms with Crippen molar-refractivity contribution in [3.05, 3.63) is 63.9 Å². The van der Waals surface area contributed by atoms with Crippen LogP contribution in [0.5, 0.6) is 5.75 Å². The molecular formula is C16H16ClFO2. The molecule has 0 amide bonds. The highest BCUT2D eigenvalue weighted by molar-refractivity contribution is 6.30. The van der Waals surface area contributed by atoms with E-state index in [4.69, 9.17) is 16.3 Å². The number of benzene rings is 2. The third-order valence-corrected chi connectivity index (χ3v) is 3.46. The maximum absolute atomic E-state index is 13.2. The van der Waals surface area contributed by atoms with E-state index in [2.05, 4.69) is 0 Å². The molecule has 0 aliphatic carbocycles. The first-order chi connectivity index (χ1) is 9.51. The summed E-state index contributed by atoms with van der Waals surface area (Å²) < 4.78 is 18.5. The fraction of sp³-hybridized carbons (Fsp3) is 0.250. The number of aliphatic hydroxyl groups excluding tert-OH is 1. The minimum absolute atomic E-state index is 0.277. The zero-order valence-corrected chi connectivity index (χ0v) is 12.1. The van der Waals surface area contributed by atoms with Crippen LogP contribution in [0, 0.1) is 12.7 Å². The Labute approximate surface area is 122 Å². The summed E-state index contributed by atoms with van der Waals surface area (Å²) in [6.07, 6.45) is -0.379. The van der Waals surface area contributed by atoms with E-state index in [1.807, 2.05) is 0 Å². The van der Waals surface area contributed by atoms with Crippen LogP contribution in [0.1, 0.15) is 22.8 Å². The Morgan fingerprint density at radius 3 is 2.65 bits per heavy atom. The average Bonchev–Trinajstić information content (AvgIpc) is 2.42. The molecule has 2 rings (SSSR count). The average molecular weight is 295 g/mol. The van der Waals surface area contributed by atoms with Crippen molar-refractivity contribution in [3.63, 3.8) is 0 Å². The quantitative estimate of drug-likeness (QED) is 0.921. The fourth-order valence-corrected chi connectivity index (χ4v) is 2.30. The molecule has 0 aromatic heterocycles. The maximum Gasteiger partial charge on any atom is 0.126 e. The molecule has 0 spiro atoms. The molecule has 0 radical (unpaired) electrons. The van der Waals surface area contributed by atoms with E-state index < -0.39 is 6.10 Å². The van der Waals surface area contributed by atoms with Crippen molar-refractivity contribution in [2.45, 2.75) is 19.4 Å². The summed E-state index contributed by atoms with van der Waals surface area (Å²) in [5.74, 6) is 0.397. The van der Waals surface area contributed by atoms with Crippen LogP contribution in [-0.2, 0) is 6.42 Å². The number of ether oxygens (including phenoxy) is 1. The molecule has 0 aliphatic rings. The van der Waals surface area contributed by atoms with Crippen LogP contribution >= 0.6 is 11.6 Å². The summed E-state index contributed by atoms with van der Waals surface area (Å²) in [6.45, 7) is 1.67. The van der Waals surface area contributed by atoms with Gasteiger partial charge in [-0.1, -0.05) is 23.7 Å². The molecule has 1 atom stereocenters. The van der Waals surface area contributed by atoms with Crippen LogP contribution < -0.4 is 4.74 Å². The molecule has 0 aliphatic heterocycles. The van der Waals surface area contributed by atoms with E-state index in [0.717, 1.165) is 5.56 Å². The van der Waals surface area contributed by atoms with Crippen molar-refractivity contribution in [2.75, 3.05) is 7.11 Å². The molecule has 2 aromatic carbocycles. The van der Waals surface area contributed by atoms with Gasteiger partial charge in [-0.3, -0.25) is 0 Å². The van der Waals surface area contributed by atoms with Gasteiger partial charge in [-0.05, 0) is 47.9 Å². The third-order valence-electron chi connectivity index (χ3n) is 3.22. The molecule has 4 heteroatoms. The van der Waals surface area contributed by atoms with Crippen molar-refractivity contribution in [1.82, 2.24) is 0 Å². The van der Waals surface area contributed by atoms with Gasteiger partial charge >= 0.3 is 0 Å². The second-order valence-corrected chi connectivity index (χ2v) is 5.12. The molecule has 2 nitrogen and oxygen atoms in total. The number of aliphatic hydroxyl groups is 1. The minimum Gasteiger partial charge on any atom is -0.496 e. The Kier molecular flexibility index (Phi) is 4.63. The van der Waals surface area contributed by atoms with E-state index in [-0.39, 0.29) is 5.82 Å². The SMILES string of the molecule is COc1ccc(Cl)cc1CC(O)c1ccc(F)c(C)c1. The number of methoxy groups -OCH3 is 1. The van der Waals surface area contributed by atoms with E-state index in [1.165, 1.54) is 6.07 Å². The van der Waals surface area contributed by atoms with Crippen LogP contribution in [-0.4, -0.2) is 12.2 Å². The predicted octanol–water partition coefficient (Wildman–Crippen LogP) is 4.07. The molecule has 0 bridgehead atoms. The van der Waals surface area contributed by atoms with Crippen LogP contribution in [0.25, 0.3) is 0 Å². The summed E-state index contributed by atoms with van der Waals surface area (Å²) in [6, 6.07) is 9.86. The van der Waals surface area contributed by atoms with Gasteiger partial charge in [0.2, 0.25) is 0 Å². The van der Waals surface area contributed by atoms with Crippen molar-refractivity contribution in [3.8, 4) is 5.75 Å². The number of rotatable bonds is 4. The normalized spacial score (nSPS) is 12.2. The van der Waals surface area contributed by atoms with Crippen molar-refractivity contribution < 1.29 is 14.2 Å². The largest absolute Gasteiger partial charge is 0.496 e. The molecule has 0 fully saturated rings. The lowest BCUT2D eigenvalue weighted by molar-refractivity contribution is 0.177. The fourth-order valence-electron chi connectivity index (χ4n) is 2.11. The minimum atomic E-state index is -0.735. The molecule has 2 aromatic rings. The lowest BCUT2D eigenvalue weighted by Gasteiger charge is -2.15. The zero-order valence-electron chi connectivity index (χ0n) is 11.4.